The topological polar surface area (TPSA) is 99.2 Å². The number of hydrogen-bond donors (Lipinski definition) is 2. The van der Waals surface area contributed by atoms with Crippen molar-refractivity contribution < 1.29 is 24.2 Å². The number of rotatable bonds is 6. The Labute approximate surface area is 163 Å². The molecule has 8 heteroatoms. The van der Waals surface area contributed by atoms with Crippen LogP contribution in [-0.4, -0.2) is 61.1 Å². The zero-order chi connectivity index (χ0) is 20.3. The molecule has 150 valence electrons. The maximum atomic E-state index is 12.5. The van der Waals surface area contributed by atoms with Gasteiger partial charge in [-0.25, -0.2) is 4.79 Å². The minimum atomic E-state index is -0.499. The van der Waals surface area contributed by atoms with Crippen LogP contribution in [-0.2, 0) is 14.3 Å². The van der Waals surface area contributed by atoms with Gasteiger partial charge in [0.25, 0.3) is 11.8 Å². The van der Waals surface area contributed by atoms with Gasteiger partial charge in [0.2, 0.25) is 0 Å². The average Bonchev–Trinajstić information content (AvgIpc) is 2.96. The van der Waals surface area contributed by atoms with Crippen molar-refractivity contribution >= 4 is 29.2 Å². The molecule has 0 saturated carbocycles. The van der Waals surface area contributed by atoms with Crippen molar-refractivity contribution in [2.45, 2.75) is 19.8 Å². The Balaban J connectivity index is 1.91. The van der Waals surface area contributed by atoms with Crippen LogP contribution in [0.3, 0.4) is 0 Å². The van der Waals surface area contributed by atoms with Gasteiger partial charge < -0.3 is 20.1 Å². The summed E-state index contributed by atoms with van der Waals surface area (Å²) in [5, 5.41) is 12.1. The third kappa shape index (κ3) is 4.01. The smallest absolute Gasteiger partial charge is 0.337 e. The molecule has 0 bridgehead atoms. The molecule has 0 radical (unpaired) electrons. The lowest BCUT2D eigenvalue weighted by molar-refractivity contribution is -0.137. The first-order valence-electron chi connectivity index (χ1n) is 9.37. The Hall–Kier alpha value is -2.87. The van der Waals surface area contributed by atoms with E-state index in [9.17, 15) is 14.4 Å². The molecule has 2 aliphatic heterocycles. The van der Waals surface area contributed by atoms with E-state index < -0.39 is 17.8 Å². The van der Waals surface area contributed by atoms with Crippen LogP contribution in [0.1, 0.15) is 30.1 Å². The van der Waals surface area contributed by atoms with Gasteiger partial charge in [0, 0.05) is 19.2 Å². The van der Waals surface area contributed by atoms with Crippen LogP contribution in [0.4, 0.5) is 11.4 Å². The Morgan fingerprint density at radius 1 is 1.29 bits per heavy atom. The second kappa shape index (κ2) is 8.43. The van der Waals surface area contributed by atoms with E-state index in [0.29, 0.717) is 17.2 Å². The SMILES string of the molecule is COC(=O)c1ccc(N2CCC(C)CC2)c(NC2=CC(=O)N(CCO)C2=O)c1. The second-order valence-electron chi connectivity index (χ2n) is 7.09. The number of esters is 1. The maximum absolute atomic E-state index is 12.5. The number of aliphatic hydroxyl groups excluding tert-OH is 1. The lowest BCUT2D eigenvalue weighted by Gasteiger charge is -2.33. The maximum Gasteiger partial charge on any atom is 0.337 e. The van der Waals surface area contributed by atoms with Crippen LogP contribution >= 0.6 is 0 Å². The van der Waals surface area contributed by atoms with Crippen molar-refractivity contribution in [2.24, 2.45) is 5.92 Å². The molecule has 8 nitrogen and oxygen atoms in total. The predicted molar refractivity (Wildman–Crippen MR) is 104 cm³/mol. The van der Waals surface area contributed by atoms with E-state index in [4.69, 9.17) is 9.84 Å². The Bertz CT molecular complexity index is 812. The number of β-amino-alcohol motifs (C(OH)–C–C–N with tert-alkyl or cyclic N) is 1. The normalized spacial score (nSPS) is 17.8. The molecular weight excluding hydrogens is 362 g/mol. The number of carbonyl (C=O) groups excluding carboxylic acids is 3. The molecule has 1 saturated heterocycles. The highest BCUT2D eigenvalue weighted by molar-refractivity contribution is 6.17. The molecular formula is C20H25N3O5. The van der Waals surface area contributed by atoms with E-state index in [1.165, 1.54) is 13.2 Å². The molecule has 1 fully saturated rings. The van der Waals surface area contributed by atoms with Crippen LogP contribution in [0.2, 0.25) is 0 Å². The minimum absolute atomic E-state index is 0.0571. The number of ether oxygens (including phenoxy) is 1. The van der Waals surface area contributed by atoms with Gasteiger partial charge in [-0.2, -0.15) is 0 Å². The predicted octanol–water partition coefficient (Wildman–Crippen LogP) is 1.37. The van der Waals surface area contributed by atoms with Gasteiger partial charge in [-0.3, -0.25) is 14.5 Å². The van der Waals surface area contributed by atoms with E-state index in [0.717, 1.165) is 36.5 Å². The number of methoxy groups -OCH3 is 1. The monoisotopic (exact) mass is 387 g/mol. The molecule has 2 aliphatic rings. The summed E-state index contributed by atoms with van der Waals surface area (Å²) in [5.74, 6) is -0.794. The third-order valence-electron chi connectivity index (χ3n) is 5.14. The van der Waals surface area contributed by atoms with Crippen LogP contribution in [0.15, 0.2) is 30.0 Å². The van der Waals surface area contributed by atoms with Gasteiger partial charge in [0.05, 0.1) is 37.2 Å². The molecule has 0 atom stereocenters. The van der Waals surface area contributed by atoms with Crippen molar-refractivity contribution in [2.75, 3.05) is 43.6 Å². The second-order valence-corrected chi connectivity index (χ2v) is 7.09. The number of carbonyl (C=O) groups is 3. The van der Waals surface area contributed by atoms with Crippen molar-refractivity contribution in [3.63, 3.8) is 0 Å². The highest BCUT2D eigenvalue weighted by Gasteiger charge is 2.31. The fraction of sp³-hybridized carbons (Fsp3) is 0.450. The van der Waals surface area contributed by atoms with Crippen LogP contribution in [0.5, 0.6) is 0 Å². The highest BCUT2D eigenvalue weighted by Crippen LogP contribution is 2.32. The number of piperidine rings is 1. The van der Waals surface area contributed by atoms with Crippen LogP contribution in [0.25, 0.3) is 0 Å². The molecule has 2 heterocycles. The van der Waals surface area contributed by atoms with E-state index in [1.807, 2.05) is 6.07 Å². The minimum Gasteiger partial charge on any atom is -0.465 e. The van der Waals surface area contributed by atoms with Gasteiger partial charge in [0.15, 0.2) is 0 Å². The van der Waals surface area contributed by atoms with Crippen LogP contribution < -0.4 is 10.2 Å². The lowest BCUT2D eigenvalue weighted by Crippen LogP contribution is -2.35. The standard InChI is InChI=1S/C20H25N3O5/c1-13-5-7-22(8-6-13)17-4-3-14(20(27)28-2)11-15(17)21-16-12-18(25)23(9-10-24)19(16)26/h3-4,11-13,21,24H,5-10H2,1-2H3. The first-order chi connectivity index (χ1) is 13.4. The highest BCUT2D eigenvalue weighted by atomic mass is 16.5. The quantitative estimate of drug-likeness (QED) is 0.562. The fourth-order valence-corrected chi connectivity index (χ4v) is 3.46. The molecule has 0 aromatic heterocycles. The number of anilines is 2. The summed E-state index contributed by atoms with van der Waals surface area (Å²) in [6.45, 7) is 3.61. The van der Waals surface area contributed by atoms with Gasteiger partial charge in [-0.15, -0.1) is 0 Å². The summed E-state index contributed by atoms with van der Waals surface area (Å²) in [6, 6.07) is 5.16. The number of aliphatic hydroxyl groups is 1. The number of imide groups is 1. The molecule has 2 amide bonds. The molecule has 0 aliphatic carbocycles. The zero-order valence-electron chi connectivity index (χ0n) is 16.1. The average molecular weight is 387 g/mol. The van der Waals surface area contributed by atoms with Gasteiger partial charge >= 0.3 is 5.97 Å². The summed E-state index contributed by atoms with van der Waals surface area (Å²) in [6.07, 6.45) is 3.33. The van der Waals surface area contributed by atoms with E-state index in [1.54, 1.807) is 12.1 Å². The van der Waals surface area contributed by atoms with Crippen LogP contribution in [0, 0.1) is 5.92 Å². The zero-order valence-corrected chi connectivity index (χ0v) is 16.1. The molecule has 1 aromatic carbocycles. The first-order valence-corrected chi connectivity index (χ1v) is 9.37. The van der Waals surface area contributed by atoms with Gasteiger partial charge in [-0.05, 0) is 37.0 Å². The largest absolute Gasteiger partial charge is 0.465 e. The Morgan fingerprint density at radius 2 is 2.00 bits per heavy atom. The van der Waals surface area contributed by atoms with Crippen molar-refractivity contribution in [1.29, 1.82) is 0 Å². The fourth-order valence-electron chi connectivity index (χ4n) is 3.46. The van der Waals surface area contributed by atoms with Gasteiger partial charge in [-0.1, -0.05) is 6.92 Å². The summed E-state index contributed by atoms with van der Waals surface area (Å²) in [4.78, 5) is 39.6. The summed E-state index contributed by atoms with van der Waals surface area (Å²) in [7, 11) is 1.31. The van der Waals surface area contributed by atoms with Crippen molar-refractivity contribution in [3.8, 4) is 0 Å². The summed E-state index contributed by atoms with van der Waals surface area (Å²) >= 11 is 0. The molecule has 0 spiro atoms. The number of nitrogens with one attached hydrogen (secondary N) is 1. The molecule has 28 heavy (non-hydrogen) atoms. The summed E-state index contributed by atoms with van der Waals surface area (Å²) in [5.41, 5.74) is 1.90. The lowest BCUT2D eigenvalue weighted by atomic mass is 9.98. The van der Waals surface area contributed by atoms with Crippen molar-refractivity contribution in [3.05, 3.63) is 35.5 Å². The number of amides is 2. The first kappa shape index (κ1) is 19.9. The molecule has 1 aromatic rings. The summed E-state index contributed by atoms with van der Waals surface area (Å²) < 4.78 is 4.80. The Morgan fingerprint density at radius 3 is 2.64 bits per heavy atom. The van der Waals surface area contributed by atoms with E-state index in [2.05, 4.69) is 17.1 Å². The third-order valence-corrected chi connectivity index (χ3v) is 5.14. The van der Waals surface area contributed by atoms with E-state index >= 15 is 0 Å². The van der Waals surface area contributed by atoms with Gasteiger partial charge in [0.1, 0.15) is 5.70 Å². The number of nitrogens with zero attached hydrogens (tertiary/aromatic N) is 2. The van der Waals surface area contributed by atoms with Crippen molar-refractivity contribution in [1.82, 2.24) is 4.90 Å². The molecule has 0 unspecified atom stereocenters. The number of benzene rings is 1. The molecule has 3 rings (SSSR count). The molecule has 2 N–H and O–H groups in total. The number of hydrogen-bond acceptors (Lipinski definition) is 7. The van der Waals surface area contributed by atoms with E-state index in [-0.39, 0.29) is 18.8 Å². The Kier molecular flexibility index (Phi) is 5.99.